The average Bonchev–Trinajstić information content (AvgIpc) is 2.67. The van der Waals surface area contributed by atoms with Crippen LogP contribution in [0.2, 0.25) is 0 Å². The Morgan fingerprint density at radius 3 is 2.53 bits per heavy atom. The molecule has 0 aliphatic carbocycles. The molecule has 0 bridgehead atoms. The molecule has 1 aliphatic rings. The molecule has 0 radical (unpaired) electrons. The smallest absolute Gasteiger partial charge is 0.148 e. The first-order valence-electron chi connectivity index (χ1n) is 6.64. The first-order valence-corrected chi connectivity index (χ1v) is 7.17. The molecule has 1 saturated heterocycles. The third-order valence-corrected chi connectivity index (χ3v) is 3.56. The lowest BCUT2D eigenvalue weighted by Gasteiger charge is -2.23. The second-order valence-electron chi connectivity index (χ2n) is 4.77. The van der Waals surface area contributed by atoms with E-state index in [0.29, 0.717) is 17.2 Å². The van der Waals surface area contributed by atoms with E-state index in [1.807, 2.05) is 0 Å². The van der Waals surface area contributed by atoms with Gasteiger partial charge in [-0.05, 0) is 25.0 Å². The van der Waals surface area contributed by atoms with Crippen molar-refractivity contribution < 1.29 is 4.39 Å². The summed E-state index contributed by atoms with van der Waals surface area (Å²) in [7, 11) is 0. The fourth-order valence-electron chi connectivity index (χ4n) is 2.33. The number of hydrogen-bond donors (Lipinski definition) is 1. The molecule has 1 aromatic carbocycles. The third kappa shape index (κ3) is 3.83. The summed E-state index contributed by atoms with van der Waals surface area (Å²) in [6.07, 6.45) is 4.70. The second kappa shape index (κ2) is 6.75. The molecule has 2 rings (SSSR count). The SMILES string of the molecule is NC(CCl)=Nc1ccc(N2CCCCCC2)c(F)c1. The van der Waals surface area contributed by atoms with Gasteiger partial charge in [-0.1, -0.05) is 12.8 Å². The number of benzene rings is 1. The van der Waals surface area contributed by atoms with Crippen LogP contribution >= 0.6 is 11.6 Å². The molecule has 1 heterocycles. The van der Waals surface area contributed by atoms with Crippen LogP contribution < -0.4 is 10.6 Å². The quantitative estimate of drug-likeness (QED) is 0.524. The molecule has 5 heteroatoms. The molecule has 19 heavy (non-hydrogen) atoms. The van der Waals surface area contributed by atoms with Gasteiger partial charge in [-0.3, -0.25) is 0 Å². The van der Waals surface area contributed by atoms with Crippen LogP contribution in [0, 0.1) is 5.82 Å². The number of hydrogen-bond acceptors (Lipinski definition) is 2. The van der Waals surface area contributed by atoms with Gasteiger partial charge < -0.3 is 10.6 Å². The predicted octanol–water partition coefficient (Wildman–Crippen LogP) is 3.43. The van der Waals surface area contributed by atoms with Crippen LogP contribution in [0.5, 0.6) is 0 Å². The maximum Gasteiger partial charge on any atom is 0.148 e. The first kappa shape index (κ1) is 14.1. The zero-order valence-electron chi connectivity index (χ0n) is 10.9. The van der Waals surface area contributed by atoms with Crippen molar-refractivity contribution in [3.05, 3.63) is 24.0 Å². The molecule has 1 fully saturated rings. The van der Waals surface area contributed by atoms with Crippen LogP contribution in [0.15, 0.2) is 23.2 Å². The van der Waals surface area contributed by atoms with E-state index in [1.54, 1.807) is 12.1 Å². The lowest BCUT2D eigenvalue weighted by Crippen LogP contribution is -2.24. The molecule has 0 atom stereocenters. The summed E-state index contributed by atoms with van der Waals surface area (Å²) in [6.45, 7) is 1.84. The fraction of sp³-hybridized carbons (Fsp3) is 0.500. The Morgan fingerprint density at radius 2 is 1.95 bits per heavy atom. The van der Waals surface area contributed by atoms with E-state index in [1.165, 1.54) is 18.9 Å². The van der Waals surface area contributed by atoms with E-state index in [0.717, 1.165) is 25.9 Å². The lowest BCUT2D eigenvalue weighted by molar-refractivity contribution is 0.617. The van der Waals surface area contributed by atoms with Crippen molar-refractivity contribution >= 4 is 28.8 Å². The van der Waals surface area contributed by atoms with Gasteiger partial charge in [0.15, 0.2) is 0 Å². The van der Waals surface area contributed by atoms with Crippen LogP contribution in [0.4, 0.5) is 15.8 Å². The molecule has 0 amide bonds. The molecule has 2 N–H and O–H groups in total. The fourth-order valence-corrected chi connectivity index (χ4v) is 2.39. The van der Waals surface area contributed by atoms with Gasteiger partial charge in [0, 0.05) is 19.2 Å². The number of nitrogens with zero attached hydrogens (tertiary/aromatic N) is 2. The van der Waals surface area contributed by atoms with Crippen molar-refractivity contribution in [3.63, 3.8) is 0 Å². The minimum absolute atomic E-state index is 0.148. The van der Waals surface area contributed by atoms with Crippen molar-refractivity contribution in [1.82, 2.24) is 0 Å². The van der Waals surface area contributed by atoms with Gasteiger partial charge >= 0.3 is 0 Å². The van der Waals surface area contributed by atoms with Gasteiger partial charge in [0.2, 0.25) is 0 Å². The van der Waals surface area contributed by atoms with Gasteiger partial charge in [-0.2, -0.15) is 0 Å². The molecule has 104 valence electrons. The minimum atomic E-state index is -0.245. The van der Waals surface area contributed by atoms with Crippen molar-refractivity contribution in [2.24, 2.45) is 10.7 Å². The zero-order valence-corrected chi connectivity index (χ0v) is 11.7. The van der Waals surface area contributed by atoms with Crippen LogP contribution in [0.3, 0.4) is 0 Å². The highest BCUT2D eigenvalue weighted by atomic mass is 35.5. The first-order chi connectivity index (χ1) is 9.20. The monoisotopic (exact) mass is 283 g/mol. The van der Waals surface area contributed by atoms with E-state index < -0.39 is 0 Å². The van der Waals surface area contributed by atoms with Crippen LogP contribution in [-0.2, 0) is 0 Å². The Labute approximate surface area is 118 Å². The Kier molecular flexibility index (Phi) is 5.02. The summed E-state index contributed by atoms with van der Waals surface area (Å²) in [5.41, 5.74) is 6.71. The Morgan fingerprint density at radius 1 is 1.26 bits per heavy atom. The standard InChI is InChI=1S/C14H19ClFN3/c15-10-14(17)18-11-5-6-13(12(16)9-11)19-7-3-1-2-4-8-19/h5-6,9H,1-4,7-8,10H2,(H2,17,18). The number of halogens is 2. The molecule has 0 unspecified atom stereocenters. The van der Waals surface area contributed by atoms with E-state index in [4.69, 9.17) is 17.3 Å². The summed E-state index contributed by atoms with van der Waals surface area (Å²) in [6, 6.07) is 4.98. The van der Waals surface area contributed by atoms with E-state index in [9.17, 15) is 4.39 Å². The van der Waals surface area contributed by atoms with Crippen molar-refractivity contribution in [2.45, 2.75) is 25.7 Å². The lowest BCUT2D eigenvalue weighted by atomic mass is 10.2. The number of rotatable bonds is 3. The molecular weight excluding hydrogens is 265 g/mol. The largest absolute Gasteiger partial charge is 0.386 e. The highest BCUT2D eigenvalue weighted by Crippen LogP contribution is 2.26. The number of nitrogens with two attached hydrogens (primary N) is 1. The Hall–Kier alpha value is -1.29. The van der Waals surface area contributed by atoms with Crippen molar-refractivity contribution in [3.8, 4) is 0 Å². The molecule has 3 nitrogen and oxygen atoms in total. The van der Waals surface area contributed by atoms with Crippen LogP contribution in [-0.4, -0.2) is 24.8 Å². The maximum absolute atomic E-state index is 14.1. The predicted molar refractivity (Wildman–Crippen MR) is 79.1 cm³/mol. The average molecular weight is 284 g/mol. The normalized spacial score (nSPS) is 17.4. The van der Waals surface area contributed by atoms with Crippen molar-refractivity contribution in [1.29, 1.82) is 0 Å². The van der Waals surface area contributed by atoms with Crippen molar-refractivity contribution in [2.75, 3.05) is 23.9 Å². The molecule has 0 aromatic heterocycles. The molecular formula is C14H19ClFN3. The highest BCUT2D eigenvalue weighted by molar-refractivity contribution is 6.28. The van der Waals surface area contributed by atoms with E-state index in [-0.39, 0.29) is 11.7 Å². The summed E-state index contributed by atoms with van der Waals surface area (Å²) in [5, 5.41) is 0. The van der Waals surface area contributed by atoms with Gasteiger partial charge in [-0.15, -0.1) is 11.6 Å². The van der Waals surface area contributed by atoms with Gasteiger partial charge in [0.25, 0.3) is 0 Å². The molecule has 0 spiro atoms. The maximum atomic E-state index is 14.1. The summed E-state index contributed by atoms with van der Waals surface area (Å²) < 4.78 is 14.1. The third-order valence-electron chi connectivity index (χ3n) is 3.29. The number of anilines is 1. The number of aliphatic imine (C=N–C) groups is 1. The topological polar surface area (TPSA) is 41.6 Å². The van der Waals surface area contributed by atoms with E-state index >= 15 is 0 Å². The van der Waals surface area contributed by atoms with Gasteiger partial charge in [0.1, 0.15) is 11.7 Å². The van der Waals surface area contributed by atoms with Crippen LogP contribution in [0.25, 0.3) is 0 Å². The van der Waals surface area contributed by atoms with Crippen LogP contribution in [0.1, 0.15) is 25.7 Å². The highest BCUT2D eigenvalue weighted by Gasteiger charge is 2.14. The van der Waals surface area contributed by atoms with E-state index in [2.05, 4.69) is 9.89 Å². The summed E-state index contributed by atoms with van der Waals surface area (Å²) >= 11 is 5.56. The molecule has 1 aromatic rings. The Balaban J connectivity index is 2.18. The Bertz CT molecular complexity index is 454. The van der Waals surface area contributed by atoms with Gasteiger partial charge in [0.05, 0.1) is 17.3 Å². The summed E-state index contributed by atoms with van der Waals surface area (Å²) in [5.74, 6) is 0.198. The molecule has 0 saturated carbocycles. The minimum Gasteiger partial charge on any atom is -0.386 e. The number of alkyl halides is 1. The summed E-state index contributed by atoms with van der Waals surface area (Å²) in [4.78, 5) is 6.16. The molecule has 1 aliphatic heterocycles. The zero-order chi connectivity index (χ0) is 13.7. The number of amidine groups is 1. The van der Waals surface area contributed by atoms with Gasteiger partial charge in [-0.25, -0.2) is 9.38 Å². The second-order valence-corrected chi connectivity index (χ2v) is 5.04.